The van der Waals surface area contributed by atoms with Crippen molar-refractivity contribution in [2.24, 2.45) is 0 Å². The summed E-state index contributed by atoms with van der Waals surface area (Å²) in [7, 11) is 0. The molecule has 5 rings (SSSR count). The van der Waals surface area contributed by atoms with Crippen LogP contribution in [0, 0.1) is 0 Å². The minimum Gasteiger partial charge on any atom is -0.489 e. The number of hydrogen-bond acceptors (Lipinski definition) is 5. The molecule has 0 fully saturated rings. The highest BCUT2D eigenvalue weighted by Gasteiger charge is 2.17. The van der Waals surface area contributed by atoms with Crippen LogP contribution in [-0.2, 0) is 6.61 Å². The van der Waals surface area contributed by atoms with E-state index in [2.05, 4.69) is 10.6 Å². The number of nitrogens with one attached hydrogen (secondary N) is 2. The maximum atomic E-state index is 12.9. The Morgan fingerprint density at radius 2 is 1.49 bits per heavy atom. The van der Waals surface area contributed by atoms with Gasteiger partial charge in [0.1, 0.15) is 12.4 Å². The summed E-state index contributed by atoms with van der Waals surface area (Å²) in [6, 6.07) is 28.7. The molecule has 0 aromatic heterocycles. The Kier molecular flexibility index (Phi) is 6.30. The normalized spacial score (nSPS) is 11.5. The maximum absolute atomic E-state index is 12.9. The van der Waals surface area contributed by atoms with Gasteiger partial charge in [-0.2, -0.15) is 0 Å². The molecule has 0 saturated carbocycles. The molecule has 0 bridgehead atoms. The first-order valence-electron chi connectivity index (χ1n) is 11.0. The van der Waals surface area contributed by atoms with Crippen LogP contribution in [0.2, 0.25) is 0 Å². The maximum Gasteiger partial charge on any atom is 0.257 e. The standard InChI is InChI=1S/C28H22N2O5/c31-27(20-10-13-22(14-11-20)33-17-19-6-2-1-3-7-19)30-24-9-5-4-8-23(24)28(32)29-21-12-15-25-26(16-21)35-18-34-25/h1-16H,17-18H2,(H,29,32)(H,30,31). The summed E-state index contributed by atoms with van der Waals surface area (Å²) < 4.78 is 16.4. The van der Waals surface area contributed by atoms with Gasteiger partial charge in [0.2, 0.25) is 6.79 Å². The van der Waals surface area contributed by atoms with Crippen molar-refractivity contribution in [3.63, 3.8) is 0 Å². The second kappa shape index (κ2) is 10.0. The first kappa shape index (κ1) is 22.0. The van der Waals surface area contributed by atoms with Crippen molar-refractivity contribution in [1.82, 2.24) is 0 Å². The highest BCUT2D eigenvalue weighted by atomic mass is 16.7. The lowest BCUT2D eigenvalue weighted by Gasteiger charge is -2.12. The van der Waals surface area contributed by atoms with Crippen molar-refractivity contribution in [3.05, 3.63) is 114 Å². The van der Waals surface area contributed by atoms with Crippen LogP contribution in [0.4, 0.5) is 11.4 Å². The predicted octanol–water partition coefficient (Wildman–Crippen LogP) is 5.50. The Labute approximate surface area is 202 Å². The summed E-state index contributed by atoms with van der Waals surface area (Å²) >= 11 is 0. The molecule has 7 nitrogen and oxygen atoms in total. The largest absolute Gasteiger partial charge is 0.489 e. The van der Waals surface area contributed by atoms with Gasteiger partial charge in [-0.3, -0.25) is 9.59 Å². The van der Waals surface area contributed by atoms with Crippen LogP contribution in [0.15, 0.2) is 97.1 Å². The molecule has 0 atom stereocenters. The zero-order chi connectivity index (χ0) is 24.0. The average molecular weight is 466 g/mol. The van der Waals surface area contributed by atoms with E-state index in [0.717, 1.165) is 5.56 Å². The quantitative estimate of drug-likeness (QED) is 0.376. The summed E-state index contributed by atoms with van der Waals surface area (Å²) in [4.78, 5) is 25.8. The molecule has 2 N–H and O–H groups in total. The number of rotatable bonds is 7. The monoisotopic (exact) mass is 466 g/mol. The Hall–Kier alpha value is -4.78. The first-order valence-corrected chi connectivity index (χ1v) is 11.0. The van der Waals surface area contributed by atoms with Crippen LogP contribution in [0.25, 0.3) is 0 Å². The SMILES string of the molecule is O=C(Nc1ccccc1C(=O)Nc1ccc2c(c1)OCO2)c1ccc(OCc2ccccc2)cc1. The Morgan fingerprint density at radius 1 is 0.743 bits per heavy atom. The number of anilines is 2. The van der Waals surface area contributed by atoms with Crippen LogP contribution in [0.3, 0.4) is 0 Å². The fourth-order valence-corrected chi connectivity index (χ4v) is 3.60. The average Bonchev–Trinajstić information content (AvgIpc) is 3.37. The van der Waals surface area contributed by atoms with Crippen LogP contribution in [0.1, 0.15) is 26.3 Å². The van der Waals surface area contributed by atoms with Gasteiger partial charge in [-0.1, -0.05) is 42.5 Å². The molecule has 7 heteroatoms. The zero-order valence-corrected chi connectivity index (χ0v) is 18.7. The predicted molar refractivity (Wildman–Crippen MR) is 132 cm³/mol. The minimum atomic E-state index is -0.357. The van der Waals surface area contributed by atoms with Gasteiger partial charge in [0.25, 0.3) is 11.8 Å². The summed E-state index contributed by atoms with van der Waals surface area (Å²) in [6.45, 7) is 0.597. The molecule has 0 spiro atoms. The lowest BCUT2D eigenvalue weighted by Crippen LogP contribution is -2.18. The van der Waals surface area contributed by atoms with Crippen molar-refractivity contribution in [3.8, 4) is 17.2 Å². The number of amides is 2. The number of fused-ring (bicyclic) bond motifs is 1. The van der Waals surface area contributed by atoms with E-state index in [1.54, 1.807) is 66.7 Å². The molecule has 35 heavy (non-hydrogen) atoms. The highest BCUT2D eigenvalue weighted by Crippen LogP contribution is 2.34. The number of ether oxygens (including phenoxy) is 3. The molecule has 174 valence electrons. The number of para-hydroxylation sites is 1. The van der Waals surface area contributed by atoms with E-state index < -0.39 is 0 Å². The first-order chi connectivity index (χ1) is 17.2. The molecule has 0 radical (unpaired) electrons. The number of carbonyl (C=O) groups is 2. The second-order valence-electron chi connectivity index (χ2n) is 7.82. The van der Waals surface area contributed by atoms with E-state index in [0.29, 0.717) is 46.4 Å². The molecule has 1 aliphatic rings. The third-order valence-corrected chi connectivity index (χ3v) is 5.42. The molecule has 4 aromatic rings. The van der Waals surface area contributed by atoms with Gasteiger partial charge in [-0.25, -0.2) is 0 Å². The van der Waals surface area contributed by atoms with Gasteiger partial charge in [-0.15, -0.1) is 0 Å². The van der Waals surface area contributed by atoms with Crippen molar-refractivity contribution in [2.75, 3.05) is 17.4 Å². The fraction of sp³-hybridized carbons (Fsp3) is 0.0714. The summed E-state index contributed by atoms with van der Waals surface area (Å²) in [5.74, 6) is 1.18. The van der Waals surface area contributed by atoms with Crippen molar-refractivity contribution < 1.29 is 23.8 Å². The number of hydrogen-bond donors (Lipinski definition) is 2. The van der Waals surface area contributed by atoms with Crippen molar-refractivity contribution >= 4 is 23.2 Å². The van der Waals surface area contributed by atoms with Gasteiger partial charge in [-0.05, 0) is 54.1 Å². The van der Waals surface area contributed by atoms with Crippen LogP contribution < -0.4 is 24.8 Å². The van der Waals surface area contributed by atoms with E-state index in [1.807, 2.05) is 30.3 Å². The van der Waals surface area contributed by atoms with Crippen LogP contribution >= 0.6 is 0 Å². The Balaban J connectivity index is 1.24. The van der Waals surface area contributed by atoms with Gasteiger partial charge < -0.3 is 24.8 Å². The number of benzene rings is 4. The summed E-state index contributed by atoms with van der Waals surface area (Å²) in [5, 5.41) is 5.66. The molecule has 0 saturated heterocycles. The molecule has 1 aliphatic heterocycles. The van der Waals surface area contributed by atoms with Crippen LogP contribution in [0.5, 0.6) is 17.2 Å². The van der Waals surface area contributed by atoms with E-state index in [9.17, 15) is 9.59 Å². The van der Waals surface area contributed by atoms with E-state index in [-0.39, 0.29) is 18.6 Å². The smallest absolute Gasteiger partial charge is 0.257 e. The molecule has 0 aliphatic carbocycles. The fourth-order valence-electron chi connectivity index (χ4n) is 3.60. The van der Waals surface area contributed by atoms with Crippen molar-refractivity contribution in [2.45, 2.75) is 6.61 Å². The van der Waals surface area contributed by atoms with Gasteiger partial charge in [0, 0.05) is 17.3 Å². The Morgan fingerprint density at radius 3 is 2.31 bits per heavy atom. The van der Waals surface area contributed by atoms with Crippen LogP contribution in [-0.4, -0.2) is 18.6 Å². The zero-order valence-electron chi connectivity index (χ0n) is 18.7. The van der Waals surface area contributed by atoms with E-state index in [4.69, 9.17) is 14.2 Å². The van der Waals surface area contributed by atoms with Gasteiger partial charge >= 0.3 is 0 Å². The third-order valence-electron chi connectivity index (χ3n) is 5.42. The lowest BCUT2D eigenvalue weighted by atomic mass is 10.1. The molecule has 2 amide bonds. The molecule has 4 aromatic carbocycles. The molecule has 1 heterocycles. The van der Waals surface area contributed by atoms with E-state index >= 15 is 0 Å². The third kappa shape index (κ3) is 5.25. The van der Waals surface area contributed by atoms with E-state index in [1.165, 1.54) is 0 Å². The number of carbonyl (C=O) groups excluding carboxylic acids is 2. The topological polar surface area (TPSA) is 85.9 Å². The lowest BCUT2D eigenvalue weighted by molar-refractivity contribution is 0.102. The molecular formula is C28H22N2O5. The molecular weight excluding hydrogens is 444 g/mol. The molecule has 0 unspecified atom stereocenters. The van der Waals surface area contributed by atoms with Crippen molar-refractivity contribution in [1.29, 1.82) is 0 Å². The Bertz CT molecular complexity index is 1350. The second-order valence-corrected chi connectivity index (χ2v) is 7.82. The summed E-state index contributed by atoms with van der Waals surface area (Å²) in [5.41, 5.74) is 2.81. The van der Waals surface area contributed by atoms with Gasteiger partial charge in [0.05, 0.1) is 11.3 Å². The minimum absolute atomic E-state index is 0.154. The highest BCUT2D eigenvalue weighted by molar-refractivity contribution is 6.12. The van der Waals surface area contributed by atoms with Gasteiger partial charge in [0.15, 0.2) is 11.5 Å². The summed E-state index contributed by atoms with van der Waals surface area (Å²) in [6.07, 6.45) is 0.